The summed E-state index contributed by atoms with van der Waals surface area (Å²) in [5.74, 6) is -1.35. The molecule has 3 heterocycles. The Hall–Kier alpha value is -3.54. The van der Waals surface area contributed by atoms with Crippen molar-refractivity contribution in [2.75, 3.05) is 0 Å². The van der Waals surface area contributed by atoms with Gasteiger partial charge in [-0.15, -0.1) is 0 Å². The van der Waals surface area contributed by atoms with Gasteiger partial charge in [0.1, 0.15) is 11.5 Å². The first-order valence-electron chi connectivity index (χ1n) is 8.43. The predicted molar refractivity (Wildman–Crippen MR) is 100 cm³/mol. The molecule has 0 aliphatic carbocycles. The van der Waals surface area contributed by atoms with Crippen molar-refractivity contribution >= 4 is 16.9 Å². The molecular weight excluding hydrogens is 345 g/mol. The molecule has 0 bridgehead atoms. The average Bonchev–Trinajstić information content (AvgIpc) is 3.00. The number of rotatable bonds is 4. The van der Waals surface area contributed by atoms with Crippen LogP contribution in [0.3, 0.4) is 0 Å². The average molecular weight is 361 g/mol. The molecule has 0 atom stereocenters. The van der Waals surface area contributed by atoms with Crippen LogP contribution in [0.2, 0.25) is 0 Å². The number of carbonyl (C=O) groups is 1. The first-order chi connectivity index (χ1) is 13.0. The molecule has 0 amide bonds. The molecule has 0 saturated heterocycles. The van der Waals surface area contributed by atoms with Gasteiger partial charge in [0.05, 0.1) is 5.69 Å². The molecule has 4 rings (SSSR count). The fourth-order valence-electron chi connectivity index (χ4n) is 3.20. The van der Waals surface area contributed by atoms with Crippen LogP contribution in [-0.2, 0) is 6.42 Å². The zero-order valence-corrected chi connectivity index (χ0v) is 14.5. The van der Waals surface area contributed by atoms with E-state index in [-0.39, 0.29) is 11.5 Å². The lowest BCUT2D eigenvalue weighted by atomic mass is 10.0. The number of carboxylic acids is 1. The Labute approximate surface area is 154 Å². The van der Waals surface area contributed by atoms with Crippen LogP contribution in [0.25, 0.3) is 22.2 Å². The summed E-state index contributed by atoms with van der Waals surface area (Å²) in [6.07, 6.45) is 3.84. The Balaban J connectivity index is 1.90. The molecule has 0 unspecified atom stereocenters. The predicted octanol–water partition coefficient (Wildman–Crippen LogP) is 4.36. The second kappa shape index (κ2) is 6.64. The summed E-state index contributed by atoms with van der Waals surface area (Å²) >= 11 is 0. The number of hydrogen-bond donors (Lipinski definition) is 2. The number of nitrogens with zero attached hydrogens (tertiary/aromatic N) is 2. The van der Waals surface area contributed by atoms with E-state index in [1.54, 1.807) is 37.5 Å². The molecule has 1 aromatic carbocycles. The molecule has 0 radical (unpaired) electrons. The van der Waals surface area contributed by atoms with Gasteiger partial charge in [-0.25, -0.2) is 14.2 Å². The minimum absolute atomic E-state index is 0.00232. The summed E-state index contributed by atoms with van der Waals surface area (Å²) in [7, 11) is 0. The van der Waals surface area contributed by atoms with Crippen LogP contribution < -0.4 is 0 Å². The molecule has 2 N–H and O–H groups in total. The molecule has 134 valence electrons. The standard InChI is InChI=1S/C21H16FN3O2/c1-12-8-15-16(9-14-5-2-6-18(24-14)21(26)27)20(13-4-3-7-23-11-13)25-19(15)10-17(12)22/h2-8,10-11,25H,9H2,1H3,(H,26,27). The number of pyridine rings is 2. The Morgan fingerprint density at radius 3 is 2.81 bits per heavy atom. The lowest BCUT2D eigenvalue weighted by molar-refractivity contribution is 0.0690. The number of hydrogen-bond acceptors (Lipinski definition) is 3. The van der Waals surface area contributed by atoms with Crippen LogP contribution in [0.15, 0.2) is 54.9 Å². The third kappa shape index (κ3) is 3.17. The Bertz CT molecular complexity index is 1150. The zero-order chi connectivity index (χ0) is 19.0. The van der Waals surface area contributed by atoms with E-state index >= 15 is 0 Å². The third-order valence-corrected chi connectivity index (χ3v) is 4.52. The lowest BCUT2D eigenvalue weighted by Gasteiger charge is -2.06. The number of aromatic carboxylic acids is 1. The fourth-order valence-corrected chi connectivity index (χ4v) is 3.20. The fraction of sp³-hybridized carbons (Fsp3) is 0.0952. The van der Waals surface area contributed by atoms with Gasteiger partial charge < -0.3 is 10.1 Å². The lowest BCUT2D eigenvalue weighted by Crippen LogP contribution is -2.03. The smallest absolute Gasteiger partial charge is 0.354 e. The van der Waals surface area contributed by atoms with Gasteiger partial charge in [0.15, 0.2) is 0 Å². The van der Waals surface area contributed by atoms with E-state index in [1.807, 2.05) is 12.1 Å². The van der Waals surface area contributed by atoms with Crippen molar-refractivity contribution in [3.05, 3.63) is 83.2 Å². The zero-order valence-electron chi connectivity index (χ0n) is 14.5. The molecule has 3 aromatic heterocycles. The van der Waals surface area contributed by atoms with Crippen molar-refractivity contribution in [3.63, 3.8) is 0 Å². The highest BCUT2D eigenvalue weighted by atomic mass is 19.1. The van der Waals surface area contributed by atoms with Crippen LogP contribution in [0.4, 0.5) is 4.39 Å². The van der Waals surface area contributed by atoms with E-state index < -0.39 is 5.97 Å². The maximum absolute atomic E-state index is 14.1. The molecular formula is C21H16FN3O2. The van der Waals surface area contributed by atoms with Gasteiger partial charge in [0.25, 0.3) is 0 Å². The van der Waals surface area contributed by atoms with Crippen molar-refractivity contribution < 1.29 is 14.3 Å². The first-order valence-corrected chi connectivity index (χ1v) is 8.43. The summed E-state index contributed by atoms with van der Waals surface area (Å²) < 4.78 is 14.1. The number of fused-ring (bicyclic) bond motifs is 1. The van der Waals surface area contributed by atoms with Crippen molar-refractivity contribution in [2.45, 2.75) is 13.3 Å². The summed E-state index contributed by atoms with van der Waals surface area (Å²) in [5.41, 5.74) is 4.48. The summed E-state index contributed by atoms with van der Waals surface area (Å²) in [4.78, 5) is 22.9. The minimum Gasteiger partial charge on any atom is -0.477 e. The highest BCUT2D eigenvalue weighted by molar-refractivity contribution is 5.91. The SMILES string of the molecule is Cc1cc2c(Cc3cccc(C(=O)O)n3)c(-c3cccnc3)[nH]c2cc1F. The number of aryl methyl sites for hydroxylation is 1. The highest BCUT2D eigenvalue weighted by Gasteiger charge is 2.17. The van der Waals surface area contributed by atoms with Gasteiger partial charge in [-0.05, 0) is 54.4 Å². The summed E-state index contributed by atoms with van der Waals surface area (Å²) in [6.45, 7) is 1.72. The van der Waals surface area contributed by atoms with Gasteiger partial charge >= 0.3 is 5.97 Å². The van der Waals surface area contributed by atoms with E-state index in [1.165, 1.54) is 12.1 Å². The number of benzene rings is 1. The quantitative estimate of drug-likeness (QED) is 0.566. The third-order valence-electron chi connectivity index (χ3n) is 4.52. The molecule has 0 aliphatic heterocycles. The normalized spacial score (nSPS) is 11.0. The monoisotopic (exact) mass is 361 g/mol. The van der Waals surface area contributed by atoms with Gasteiger partial charge in [-0.1, -0.05) is 6.07 Å². The number of carboxylic acid groups (broad SMARTS) is 1. The number of aromatic amines is 1. The molecule has 0 saturated carbocycles. The molecule has 27 heavy (non-hydrogen) atoms. The van der Waals surface area contributed by atoms with Crippen molar-refractivity contribution in [3.8, 4) is 11.3 Å². The minimum atomic E-state index is -1.07. The molecule has 0 fully saturated rings. The van der Waals surface area contributed by atoms with E-state index in [9.17, 15) is 14.3 Å². The summed E-state index contributed by atoms with van der Waals surface area (Å²) in [5, 5.41) is 10.1. The molecule has 0 aliphatic rings. The molecule has 6 heteroatoms. The number of H-pyrrole nitrogens is 1. The molecule has 4 aromatic rings. The maximum Gasteiger partial charge on any atom is 0.354 e. The van der Waals surface area contributed by atoms with E-state index in [0.717, 1.165) is 22.2 Å². The number of nitrogens with one attached hydrogen (secondary N) is 1. The van der Waals surface area contributed by atoms with Gasteiger partial charge in [-0.2, -0.15) is 0 Å². The van der Waals surface area contributed by atoms with E-state index in [2.05, 4.69) is 15.0 Å². The largest absolute Gasteiger partial charge is 0.477 e. The van der Waals surface area contributed by atoms with Crippen LogP contribution in [-0.4, -0.2) is 26.0 Å². The second-order valence-corrected chi connectivity index (χ2v) is 6.36. The topological polar surface area (TPSA) is 78.9 Å². The Kier molecular flexibility index (Phi) is 4.16. The van der Waals surface area contributed by atoms with Crippen molar-refractivity contribution in [1.82, 2.24) is 15.0 Å². The van der Waals surface area contributed by atoms with E-state index in [0.29, 0.717) is 23.2 Å². The highest BCUT2D eigenvalue weighted by Crippen LogP contribution is 2.33. The molecule has 5 nitrogen and oxygen atoms in total. The van der Waals surface area contributed by atoms with Crippen LogP contribution >= 0.6 is 0 Å². The Morgan fingerprint density at radius 1 is 1.22 bits per heavy atom. The van der Waals surface area contributed by atoms with Crippen molar-refractivity contribution in [2.24, 2.45) is 0 Å². The van der Waals surface area contributed by atoms with Crippen molar-refractivity contribution in [1.29, 1.82) is 0 Å². The van der Waals surface area contributed by atoms with Crippen LogP contribution in [0.5, 0.6) is 0 Å². The van der Waals surface area contributed by atoms with Crippen LogP contribution in [0.1, 0.15) is 27.3 Å². The maximum atomic E-state index is 14.1. The number of aromatic nitrogens is 3. The van der Waals surface area contributed by atoms with Gasteiger partial charge in [0, 0.05) is 41.0 Å². The Morgan fingerprint density at radius 2 is 2.07 bits per heavy atom. The van der Waals surface area contributed by atoms with Crippen LogP contribution in [0, 0.1) is 12.7 Å². The second-order valence-electron chi connectivity index (χ2n) is 6.36. The number of halogens is 1. The van der Waals surface area contributed by atoms with E-state index in [4.69, 9.17) is 0 Å². The summed E-state index contributed by atoms with van der Waals surface area (Å²) in [6, 6.07) is 12.0. The first kappa shape index (κ1) is 16.9. The van der Waals surface area contributed by atoms with Gasteiger partial charge in [0.2, 0.25) is 0 Å². The molecule has 0 spiro atoms. The van der Waals surface area contributed by atoms with Gasteiger partial charge in [-0.3, -0.25) is 4.98 Å².